The molecular weight excluding hydrogens is 348 g/mol. The summed E-state index contributed by atoms with van der Waals surface area (Å²) in [5, 5.41) is 13.9. The molecule has 1 saturated heterocycles. The van der Waals surface area contributed by atoms with E-state index in [1.807, 2.05) is 12.3 Å². The minimum Gasteiger partial charge on any atom is -0.512 e. The Morgan fingerprint density at radius 1 is 1.00 bits per heavy atom. The Morgan fingerprint density at radius 2 is 1.75 bits per heavy atom. The van der Waals surface area contributed by atoms with Crippen LogP contribution in [0, 0.1) is 5.92 Å². The van der Waals surface area contributed by atoms with E-state index in [0.717, 1.165) is 36.5 Å². The molecule has 146 valence electrons. The molecule has 1 aromatic heterocycles. The molecule has 0 spiro atoms. The zero-order valence-electron chi connectivity index (χ0n) is 16.3. The van der Waals surface area contributed by atoms with Crippen molar-refractivity contribution in [2.45, 2.75) is 50.9 Å². The van der Waals surface area contributed by atoms with E-state index in [4.69, 9.17) is 4.98 Å². The van der Waals surface area contributed by atoms with E-state index in [1.165, 1.54) is 44.2 Å². The topological polar surface area (TPSA) is 61.3 Å². The lowest BCUT2D eigenvalue weighted by Crippen LogP contribution is -2.20. The van der Waals surface area contributed by atoms with Crippen molar-refractivity contribution in [2.24, 2.45) is 5.92 Å². The first-order valence-corrected chi connectivity index (χ1v) is 10.6. The first-order valence-electron chi connectivity index (χ1n) is 10.6. The number of aliphatic hydroxyl groups is 1. The van der Waals surface area contributed by atoms with Gasteiger partial charge in [-0.1, -0.05) is 12.8 Å². The number of nitrogens with one attached hydrogen (secondary N) is 1. The fraction of sp³-hybridized carbons (Fsp3) is 0.478. The molecule has 2 heterocycles. The lowest BCUT2D eigenvalue weighted by Gasteiger charge is -2.27. The Bertz CT molecular complexity index is 865. The highest BCUT2D eigenvalue weighted by molar-refractivity contribution is 5.60. The first-order chi connectivity index (χ1) is 13.8. The van der Waals surface area contributed by atoms with Crippen molar-refractivity contribution < 1.29 is 5.11 Å². The molecule has 1 unspecified atom stereocenters. The number of hydrogen-bond acceptors (Lipinski definition) is 5. The summed E-state index contributed by atoms with van der Waals surface area (Å²) in [5.74, 6) is 1.65. The number of aliphatic hydroxyl groups excluding tert-OH is 1. The second-order valence-corrected chi connectivity index (χ2v) is 8.33. The smallest absolute Gasteiger partial charge is 0.227 e. The van der Waals surface area contributed by atoms with Crippen molar-refractivity contribution in [1.82, 2.24) is 9.97 Å². The van der Waals surface area contributed by atoms with E-state index in [0.29, 0.717) is 17.6 Å². The summed E-state index contributed by atoms with van der Waals surface area (Å²) < 4.78 is 0. The second kappa shape index (κ2) is 7.46. The summed E-state index contributed by atoms with van der Waals surface area (Å²) in [6, 6.07) is 8.54. The van der Waals surface area contributed by atoms with Crippen LogP contribution in [0.25, 0.3) is 0 Å². The van der Waals surface area contributed by atoms with E-state index in [2.05, 4.69) is 39.5 Å². The largest absolute Gasteiger partial charge is 0.512 e. The number of fused-ring (bicyclic) bond motifs is 1. The van der Waals surface area contributed by atoms with Crippen molar-refractivity contribution >= 4 is 17.3 Å². The highest BCUT2D eigenvalue weighted by Gasteiger charge is 2.34. The summed E-state index contributed by atoms with van der Waals surface area (Å²) in [6.45, 7) is 2.31. The molecule has 0 bridgehead atoms. The molecule has 2 aromatic rings. The molecule has 2 aliphatic carbocycles. The van der Waals surface area contributed by atoms with Crippen LogP contribution in [0.3, 0.4) is 0 Å². The van der Waals surface area contributed by atoms with Crippen molar-refractivity contribution in [3.05, 3.63) is 53.6 Å². The van der Waals surface area contributed by atoms with Gasteiger partial charge < -0.3 is 15.3 Å². The predicted octanol–water partition coefficient (Wildman–Crippen LogP) is 5.09. The third-order valence-electron chi connectivity index (χ3n) is 6.51. The zero-order chi connectivity index (χ0) is 18.9. The average Bonchev–Trinajstić information content (AvgIpc) is 3.43. The van der Waals surface area contributed by atoms with Crippen LogP contribution in [0.5, 0.6) is 0 Å². The van der Waals surface area contributed by atoms with Gasteiger partial charge >= 0.3 is 0 Å². The van der Waals surface area contributed by atoms with Crippen LogP contribution in [-0.2, 0) is 6.42 Å². The highest BCUT2D eigenvalue weighted by atomic mass is 16.3. The quantitative estimate of drug-likeness (QED) is 0.778. The van der Waals surface area contributed by atoms with E-state index in [9.17, 15) is 5.11 Å². The molecule has 2 N–H and O–H groups in total. The van der Waals surface area contributed by atoms with Gasteiger partial charge in [-0.3, -0.25) is 0 Å². The first kappa shape index (κ1) is 17.5. The SMILES string of the molecule is OC1=CCc2cnc(Nc3ccc(N4CCCC4)cc3)nc2C1C1CCCC1. The number of hydrogen-bond donors (Lipinski definition) is 2. The fourth-order valence-corrected chi connectivity index (χ4v) is 5.00. The molecular formula is C23H28N4O. The number of aromatic nitrogens is 2. The molecule has 0 radical (unpaired) electrons. The lowest BCUT2D eigenvalue weighted by molar-refractivity contribution is 0.306. The van der Waals surface area contributed by atoms with Crippen molar-refractivity contribution in [3.8, 4) is 0 Å². The van der Waals surface area contributed by atoms with Gasteiger partial charge in [0.15, 0.2) is 0 Å². The summed E-state index contributed by atoms with van der Waals surface area (Å²) in [5.41, 5.74) is 4.43. The van der Waals surface area contributed by atoms with Crippen LogP contribution in [-0.4, -0.2) is 28.2 Å². The van der Waals surface area contributed by atoms with E-state index < -0.39 is 0 Å². The molecule has 5 nitrogen and oxygen atoms in total. The number of benzene rings is 1. The van der Waals surface area contributed by atoms with Crippen LogP contribution in [0.4, 0.5) is 17.3 Å². The number of anilines is 3. The van der Waals surface area contributed by atoms with Crippen LogP contribution >= 0.6 is 0 Å². The molecule has 5 heteroatoms. The van der Waals surface area contributed by atoms with Crippen LogP contribution in [0.2, 0.25) is 0 Å². The Hall–Kier alpha value is -2.56. The average molecular weight is 377 g/mol. The van der Waals surface area contributed by atoms with Gasteiger partial charge in [-0.15, -0.1) is 0 Å². The Labute approximate surface area is 166 Å². The van der Waals surface area contributed by atoms with Crippen LogP contribution in [0.15, 0.2) is 42.3 Å². The van der Waals surface area contributed by atoms with E-state index >= 15 is 0 Å². The zero-order valence-corrected chi connectivity index (χ0v) is 16.3. The van der Waals surface area contributed by atoms with Gasteiger partial charge in [0.05, 0.1) is 17.4 Å². The summed E-state index contributed by atoms with van der Waals surface area (Å²) in [6.07, 6.45) is 12.0. The number of nitrogens with zero attached hydrogens (tertiary/aromatic N) is 3. The highest BCUT2D eigenvalue weighted by Crippen LogP contribution is 2.43. The molecule has 1 aliphatic heterocycles. The summed E-state index contributed by atoms with van der Waals surface area (Å²) in [7, 11) is 0. The monoisotopic (exact) mass is 376 g/mol. The van der Waals surface area contributed by atoms with Gasteiger partial charge in [-0.25, -0.2) is 9.97 Å². The molecule has 5 rings (SSSR count). The maximum absolute atomic E-state index is 10.6. The van der Waals surface area contributed by atoms with Crippen molar-refractivity contribution in [1.29, 1.82) is 0 Å². The molecule has 0 amide bonds. The summed E-state index contributed by atoms with van der Waals surface area (Å²) in [4.78, 5) is 11.8. The fourth-order valence-electron chi connectivity index (χ4n) is 5.00. The minimum atomic E-state index is 0.0346. The number of rotatable bonds is 4. The Balaban J connectivity index is 1.37. The van der Waals surface area contributed by atoms with Gasteiger partial charge in [0.2, 0.25) is 5.95 Å². The maximum atomic E-state index is 10.6. The molecule has 2 fully saturated rings. The Kier molecular flexibility index (Phi) is 4.67. The Morgan fingerprint density at radius 3 is 2.50 bits per heavy atom. The van der Waals surface area contributed by atoms with Gasteiger partial charge in [0.1, 0.15) is 0 Å². The van der Waals surface area contributed by atoms with Gasteiger partial charge in [-0.05, 0) is 73.9 Å². The van der Waals surface area contributed by atoms with Crippen LogP contribution in [0.1, 0.15) is 55.7 Å². The van der Waals surface area contributed by atoms with Gasteiger partial charge in [-0.2, -0.15) is 0 Å². The van der Waals surface area contributed by atoms with Gasteiger partial charge in [0.25, 0.3) is 0 Å². The lowest BCUT2D eigenvalue weighted by atomic mass is 9.81. The molecule has 3 aliphatic rings. The molecule has 28 heavy (non-hydrogen) atoms. The van der Waals surface area contributed by atoms with Gasteiger partial charge in [0, 0.05) is 30.7 Å². The minimum absolute atomic E-state index is 0.0346. The van der Waals surface area contributed by atoms with Crippen molar-refractivity contribution in [3.63, 3.8) is 0 Å². The third-order valence-corrected chi connectivity index (χ3v) is 6.51. The van der Waals surface area contributed by atoms with E-state index in [-0.39, 0.29) is 5.92 Å². The molecule has 1 atom stereocenters. The summed E-state index contributed by atoms with van der Waals surface area (Å²) >= 11 is 0. The van der Waals surface area contributed by atoms with E-state index in [1.54, 1.807) is 0 Å². The van der Waals surface area contributed by atoms with Crippen LogP contribution < -0.4 is 10.2 Å². The number of allylic oxidation sites excluding steroid dienone is 2. The second-order valence-electron chi connectivity index (χ2n) is 8.33. The third kappa shape index (κ3) is 3.34. The predicted molar refractivity (Wildman–Crippen MR) is 112 cm³/mol. The maximum Gasteiger partial charge on any atom is 0.227 e. The molecule has 1 saturated carbocycles. The standard InChI is InChI=1S/C23H28N4O/c28-20-12-7-17-15-24-23(26-22(17)21(20)16-5-1-2-6-16)25-18-8-10-19(11-9-18)27-13-3-4-14-27/h8-12,15-16,21,28H,1-7,13-14H2,(H,24,25,26). The van der Waals surface area contributed by atoms with Crippen molar-refractivity contribution in [2.75, 3.05) is 23.3 Å². The molecule has 1 aromatic carbocycles. The normalized spacial score (nSPS) is 22.2.